The Balaban J connectivity index is 0.00000288. The lowest BCUT2D eigenvalue weighted by molar-refractivity contribution is -0.137. The average Bonchev–Trinajstić information content (AvgIpc) is 2.49. The lowest BCUT2D eigenvalue weighted by atomic mass is 9.79. The fourth-order valence-electron chi connectivity index (χ4n) is 3.11. The number of nitrogens with one attached hydrogen (secondary N) is 1. The Morgan fingerprint density at radius 3 is 2.33 bits per heavy atom. The second-order valence-corrected chi connectivity index (χ2v) is 6.98. The van der Waals surface area contributed by atoms with Gasteiger partial charge in [0.15, 0.2) is 0 Å². The molecule has 0 saturated carbocycles. The summed E-state index contributed by atoms with van der Waals surface area (Å²) in [6.45, 7) is 6.60. The van der Waals surface area contributed by atoms with Crippen LogP contribution in [-0.4, -0.2) is 42.8 Å². The highest BCUT2D eigenvalue weighted by Crippen LogP contribution is 2.42. The largest absolute Gasteiger partial charge is 0.417 e. The Hall–Kier alpha value is -0.530. The number of rotatable bonds is 4. The molecule has 2 N–H and O–H groups in total. The lowest BCUT2D eigenvalue weighted by Gasteiger charge is -2.43. The molecule has 0 radical (unpaired) electrons. The normalized spacial score (nSPS) is 18.1. The Labute approximate surface area is 151 Å². The molecule has 0 aromatic heterocycles. The quantitative estimate of drug-likeness (QED) is 0.826. The third kappa shape index (κ3) is 4.76. The number of nitrogens with zero attached hydrogens (tertiary/aromatic N) is 1. The summed E-state index contributed by atoms with van der Waals surface area (Å²) in [5.74, 6) is 0. The van der Waals surface area contributed by atoms with Gasteiger partial charge in [0.25, 0.3) is 0 Å². The molecule has 0 aliphatic carbocycles. The van der Waals surface area contributed by atoms with Gasteiger partial charge in [0.1, 0.15) is 0 Å². The minimum atomic E-state index is -4.50. The van der Waals surface area contributed by atoms with Crippen LogP contribution in [0.15, 0.2) is 18.2 Å². The number of benzene rings is 1. The van der Waals surface area contributed by atoms with Gasteiger partial charge < -0.3 is 10.4 Å². The second-order valence-electron chi connectivity index (χ2n) is 6.57. The highest BCUT2D eigenvalue weighted by Gasteiger charge is 2.38. The summed E-state index contributed by atoms with van der Waals surface area (Å²) >= 11 is 5.73. The molecule has 1 aromatic rings. The van der Waals surface area contributed by atoms with Crippen molar-refractivity contribution < 1.29 is 18.3 Å². The van der Waals surface area contributed by atoms with Gasteiger partial charge in [0, 0.05) is 44.2 Å². The number of halogens is 5. The van der Waals surface area contributed by atoms with E-state index < -0.39 is 17.2 Å². The van der Waals surface area contributed by atoms with E-state index in [2.05, 4.69) is 10.2 Å². The highest BCUT2D eigenvalue weighted by atomic mass is 35.5. The molecule has 1 aromatic carbocycles. The van der Waals surface area contributed by atoms with Crippen LogP contribution < -0.4 is 5.32 Å². The third-order valence-electron chi connectivity index (χ3n) is 4.28. The van der Waals surface area contributed by atoms with Crippen LogP contribution in [0.1, 0.15) is 31.0 Å². The van der Waals surface area contributed by atoms with Gasteiger partial charge in [-0.15, -0.1) is 12.4 Å². The molecule has 1 aliphatic rings. The van der Waals surface area contributed by atoms with E-state index in [0.29, 0.717) is 5.56 Å². The Morgan fingerprint density at radius 1 is 1.25 bits per heavy atom. The number of hydrogen-bond donors (Lipinski definition) is 2. The summed E-state index contributed by atoms with van der Waals surface area (Å²) in [6.07, 6.45) is -4.50. The maximum atomic E-state index is 13.2. The van der Waals surface area contributed by atoms with E-state index in [1.165, 1.54) is 6.07 Å². The van der Waals surface area contributed by atoms with Crippen molar-refractivity contribution in [3.05, 3.63) is 34.3 Å². The fourth-order valence-corrected chi connectivity index (χ4v) is 3.34. The molecule has 0 spiro atoms. The number of piperazine rings is 1. The average molecular weight is 387 g/mol. The van der Waals surface area contributed by atoms with E-state index >= 15 is 0 Å². The van der Waals surface area contributed by atoms with E-state index in [9.17, 15) is 18.3 Å². The van der Waals surface area contributed by atoms with E-state index in [0.717, 1.165) is 32.2 Å². The summed E-state index contributed by atoms with van der Waals surface area (Å²) in [7, 11) is 0. The first-order valence-corrected chi connectivity index (χ1v) is 7.97. The van der Waals surface area contributed by atoms with E-state index in [-0.39, 0.29) is 30.1 Å². The molecule has 8 heteroatoms. The van der Waals surface area contributed by atoms with Gasteiger partial charge in [0.05, 0.1) is 10.6 Å². The van der Waals surface area contributed by atoms with Crippen LogP contribution in [-0.2, 0) is 6.18 Å². The number of hydrogen-bond acceptors (Lipinski definition) is 3. The van der Waals surface area contributed by atoms with Crippen LogP contribution in [0.3, 0.4) is 0 Å². The van der Waals surface area contributed by atoms with Crippen LogP contribution in [0.25, 0.3) is 0 Å². The molecule has 1 saturated heterocycles. The molecule has 3 nitrogen and oxygen atoms in total. The minimum absolute atomic E-state index is 0. The molecule has 0 bridgehead atoms. The maximum Gasteiger partial charge on any atom is 0.417 e. The molecule has 1 atom stereocenters. The maximum absolute atomic E-state index is 13.2. The van der Waals surface area contributed by atoms with Gasteiger partial charge in [-0.2, -0.15) is 13.2 Å². The number of alkyl halides is 3. The summed E-state index contributed by atoms with van der Waals surface area (Å²) in [4.78, 5) is 2.12. The van der Waals surface area contributed by atoms with Crippen molar-refractivity contribution in [1.29, 1.82) is 0 Å². The minimum Gasteiger partial charge on any atom is -0.396 e. The predicted octanol–water partition coefficient (Wildman–Crippen LogP) is 3.75. The molecular weight excluding hydrogens is 364 g/mol. The molecule has 138 valence electrons. The zero-order chi connectivity index (χ0) is 17.3. The van der Waals surface area contributed by atoms with Crippen LogP contribution in [0.5, 0.6) is 0 Å². The van der Waals surface area contributed by atoms with Gasteiger partial charge in [-0.25, -0.2) is 0 Å². The first-order chi connectivity index (χ1) is 10.7. The summed E-state index contributed by atoms with van der Waals surface area (Å²) in [6, 6.07) is 3.73. The standard InChI is InChI=1S/C16H22ClF3N2O.ClH/c1-15(2,10-23)14(22-7-5-21-6-8-22)11-3-4-13(17)12(9-11)16(18,19)20;/h3-4,9,14,21,23H,5-8,10H2,1-2H3;1H/t14-;/m1./s1. The highest BCUT2D eigenvalue weighted by molar-refractivity contribution is 6.31. The Bertz CT molecular complexity index is 547. The number of aliphatic hydroxyl groups is 1. The smallest absolute Gasteiger partial charge is 0.396 e. The van der Waals surface area contributed by atoms with Gasteiger partial charge >= 0.3 is 6.18 Å². The third-order valence-corrected chi connectivity index (χ3v) is 4.61. The first-order valence-electron chi connectivity index (χ1n) is 7.59. The van der Waals surface area contributed by atoms with E-state index in [4.69, 9.17) is 11.6 Å². The van der Waals surface area contributed by atoms with Crippen LogP contribution >= 0.6 is 24.0 Å². The number of aliphatic hydroxyl groups excluding tert-OH is 1. The molecule has 2 rings (SSSR count). The summed E-state index contributed by atoms with van der Waals surface area (Å²) < 4.78 is 39.5. The zero-order valence-electron chi connectivity index (χ0n) is 13.7. The monoisotopic (exact) mass is 386 g/mol. The Kier molecular flexibility index (Phi) is 7.38. The topological polar surface area (TPSA) is 35.5 Å². The van der Waals surface area contributed by atoms with Gasteiger partial charge in [-0.1, -0.05) is 31.5 Å². The SMILES string of the molecule is CC(C)(CO)[C@@H](c1ccc(Cl)c(C(F)(F)F)c1)N1CCNCC1.Cl. The molecule has 24 heavy (non-hydrogen) atoms. The van der Waals surface area contributed by atoms with E-state index in [1.54, 1.807) is 6.07 Å². The molecule has 1 heterocycles. The van der Waals surface area contributed by atoms with Crippen molar-refractivity contribution in [3.8, 4) is 0 Å². The summed E-state index contributed by atoms with van der Waals surface area (Å²) in [5, 5.41) is 12.7. The van der Waals surface area contributed by atoms with Gasteiger partial charge in [0.2, 0.25) is 0 Å². The lowest BCUT2D eigenvalue weighted by Crippen LogP contribution is -2.49. The van der Waals surface area contributed by atoms with Crippen molar-refractivity contribution in [2.45, 2.75) is 26.1 Å². The molecule has 0 unspecified atom stereocenters. The second kappa shape index (κ2) is 8.23. The van der Waals surface area contributed by atoms with Crippen LogP contribution in [0, 0.1) is 5.41 Å². The Morgan fingerprint density at radius 2 is 1.83 bits per heavy atom. The molecular formula is C16H23Cl2F3N2O. The van der Waals surface area contributed by atoms with Crippen molar-refractivity contribution in [2.24, 2.45) is 5.41 Å². The molecule has 0 amide bonds. The van der Waals surface area contributed by atoms with E-state index in [1.807, 2.05) is 13.8 Å². The van der Waals surface area contributed by atoms with Crippen molar-refractivity contribution in [1.82, 2.24) is 10.2 Å². The van der Waals surface area contributed by atoms with Crippen molar-refractivity contribution in [3.63, 3.8) is 0 Å². The van der Waals surface area contributed by atoms with Crippen molar-refractivity contribution in [2.75, 3.05) is 32.8 Å². The zero-order valence-corrected chi connectivity index (χ0v) is 15.2. The predicted molar refractivity (Wildman–Crippen MR) is 91.8 cm³/mol. The fraction of sp³-hybridized carbons (Fsp3) is 0.625. The van der Waals surface area contributed by atoms with Gasteiger partial charge in [-0.3, -0.25) is 4.90 Å². The van der Waals surface area contributed by atoms with Gasteiger partial charge in [-0.05, 0) is 17.7 Å². The molecule has 1 aliphatic heterocycles. The van der Waals surface area contributed by atoms with Crippen LogP contribution in [0.2, 0.25) is 5.02 Å². The van der Waals surface area contributed by atoms with Crippen molar-refractivity contribution >= 4 is 24.0 Å². The first kappa shape index (κ1) is 21.5. The van der Waals surface area contributed by atoms with Crippen LogP contribution in [0.4, 0.5) is 13.2 Å². The summed E-state index contributed by atoms with van der Waals surface area (Å²) in [5.41, 5.74) is -0.873. The molecule has 1 fully saturated rings.